The van der Waals surface area contributed by atoms with E-state index in [0.29, 0.717) is 22.7 Å². The molecule has 3 aromatic carbocycles. The monoisotopic (exact) mass is 509 g/mol. The summed E-state index contributed by atoms with van der Waals surface area (Å²) in [6, 6.07) is 19.5. The Bertz CT molecular complexity index is 1280. The van der Waals surface area contributed by atoms with Crippen LogP contribution in [0.25, 0.3) is 11.8 Å². The van der Waals surface area contributed by atoms with Gasteiger partial charge in [-0.15, -0.1) is 0 Å². The minimum Gasteiger partial charge on any atom is -0.496 e. The first-order valence-corrected chi connectivity index (χ1v) is 10.8. The number of methoxy groups -OCH3 is 1. The van der Waals surface area contributed by atoms with E-state index in [0.717, 1.165) is 15.6 Å². The van der Waals surface area contributed by atoms with Crippen molar-refractivity contribution in [3.05, 3.63) is 105 Å². The Morgan fingerprint density at radius 1 is 1.09 bits per heavy atom. The number of aromatic carboxylic acids is 1. The quantitative estimate of drug-likeness (QED) is 0.410. The number of carbonyl (C=O) groups excluding carboxylic acids is 1. The van der Waals surface area contributed by atoms with Gasteiger partial charge in [-0.25, -0.2) is 4.79 Å². The summed E-state index contributed by atoms with van der Waals surface area (Å²) in [4.78, 5) is 26.5. The molecule has 0 aliphatic carbocycles. The standard InChI is InChI=1S/C25H17BrClNO4/c1-32-23-10-7-15(12-20(23)26)11-17-13-22(16-5-3-2-4-6-16)28(24(17)29)18-8-9-21(27)19(14-18)25(30)31/h2-14H,1H3,(H,30,31). The lowest BCUT2D eigenvalue weighted by molar-refractivity contribution is -0.113. The van der Waals surface area contributed by atoms with E-state index in [4.69, 9.17) is 16.3 Å². The van der Waals surface area contributed by atoms with Crippen molar-refractivity contribution in [3.63, 3.8) is 0 Å². The third-order valence-electron chi connectivity index (χ3n) is 4.99. The van der Waals surface area contributed by atoms with Gasteiger partial charge in [-0.3, -0.25) is 9.69 Å². The molecule has 0 unspecified atom stereocenters. The fourth-order valence-electron chi connectivity index (χ4n) is 3.46. The SMILES string of the molecule is COc1ccc(C=C2C=C(c3ccccc3)N(c3ccc(Cl)c(C(=O)O)c3)C2=O)cc1Br. The lowest BCUT2D eigenvalue weighted by Gasteiger charge is -2.21. The van der Waals surface area contributed by atoms with E-state index in [1.165, 1.54) is 17.0 Å². The van der Waals surface area contributed by atoms with E-state index in [1.807, 2.05) is 48.5 Å². The molecule has 5 nitrogen and oxygen atoms in total. The lowest BCUT2D eigenvalue weighted by Crippen LogP contribution is -2.25. The molecule has 0 spiro atoms. The number of hydrogen-bond donors (Lipinski definition) is 1. The van der Waals surface area contributed by atoms with Crippen LogP contribution in [-0.4, -0.2) is 24.1 Å². The van der Waals surface area contributed by atoms with Gasteiger partial charge in [0.2, 0.25) is 0 Å². The molecule has 1 aliphatic rings. The predicted octanol–water partition coefficient (Wildman–Crippen LogP) is 6.28. The molecule has 0 atom stereocenters. The van der Waals surface area contributed by atoms with Gasteiger partial charge in [0, 0.05) is 5.57 Å². The number of carboxylic acid groups (broad SMARTS) is 1. The van der Waals surface area contributed by atoms with Crippen molar-refractivity contribution >= 4 is 56.9 Å². The highest BCUT2D eigenvalue weighted by Crippen LogP contribution is 2.37. The Balaban J connectivity index is 1.83. The van der Waals surface area contributed by atoms with E-state index >= 15 is 0 Å². The molecule has 4 rings (SSSR count). The van der Waals surface area contributed by atoms with Crippen LogP contribution in [-0.2, 0) is 4.79 Å². The van der Waals surface area contributed by atoms with Crippen molar-refractivity contribution in [2.45, 2.75) is 0 Å². The van der Waals surface area contributed by atoms with Crippen LogP contribution in [0.1, 0.15) is 21.5 Å². The first kappa shape index (κ1) is 21.9. The number of carboxylic acids is 1. The molecule has 1 heterocycles. The minimum absolute atomic E-state index is 0.0686. The number of anilines is 1. The molecule has 1 aliphatic heterocycles. The summed E-state index contributed by atoms with van der Waals surface area (Å²) in [5.41, 5.74) is 3.11. The summed E-state index contributed by atoms with van der Waals surface area (Å²) in [6.07, 6.45) is 3.58. The van der Waals surface area contributed by atoms with Crippen LogP contribution in [0, 0.1) is 0 Å². The zero-order valence-corrected chi connectivity index (χ0v) is 19.2. The molecule has 0 bridgehead atoms. The topological polar surface area (TPSA) is 66.8 Å². The molecule has 0 saturated carbocycles. The van der Waals surface area contributed by atoms with E-state index in [2.05, 4.69) is 15.9 Å². The number of hydrogen-bond acceptors (Lipinski definition) is 3. The molecule has 0 saturated heterocycles. The van der Waals surface area contributed by atoms with Gasteiger partial charge in [-0.1, -0.05) is 48.0 Å². The Morgan fingerprint density at radius 2 is 1.84 bits per heavy atom. The Hall–Kier alpha value is -3.35. The number of halogens is 2. The highest BCUT2D eigenvalue weighted by atomic mass is 79.9. The second kappa shape index (κ2) is 9.02. The molecule has 0 fully saturated rings. The van der Waals surface area contributed by atoms with Crippen LogP contribution in [0.4, 0.5) is 5.69 Å². The lowest BCUT2D eigenvalue weighted by atomic mass is 10.1. The number of carbonyl (C=O) groups is 2. The molecule has 160 valence electrons. The van der Waals surface area contributed by atoms with Crippen LogP contribution >= 0.6 is 27.5 Å². The largest absolute Gasteiger partial charge is 0.496 e. The van der Waals surface area contributed by atoms with E-state index in [1.54, 1.807) is 25.3 Å². The summed E-state index contributed by atoms with van der Waals surface area (Å²) in [5.74, 6) is -0.739. The number of nitrogens with zero attached hydrogens (tertiary/aromatic N) is 1. The predicted molar refractivity (Wildman–Crippen MR) is 129 cm³/mol. The maximum absolute atomic E-state index is 13.5. The van der Waals surface area contributed by atoms with Crippen molar-refractivity contribution in [1.29, 1.82) is 0 Å². The number of amides is 1. The van der Waals surface area contributed by atoms with Crippen molar-refractivity contribution < 1.29 is 19.4 Å². The molecule has 32 heavy (non-hydrogen) atoms. The fraction of sp³-hybridized carbons (Fsp3) is 0.0400. The summed E-state index contributed by atoms with van der Waals surface area (Å²) in [5, 5.41) is 9.58. The van der Waals surface area contributed by atoms with Gasteiger partial charge in [0.1, 0.15) is 5.75 Å². The van der Waals surface area contributed by atoms with E-state index < -0.39 is 5.97 Å². The van der Waals surface area contributed by atoms with Crippen LogP contribution in [0.15, 0.2) is 82.9 Å². The Labute approximate surface area is 198 Å². The molecular weight excluding hydrogens is 494 g/mol. The van der Waals surface area contributed by atoms with Gasteiger partial charge < -0.3 is 9.84 Å². The second-order valence-electron chi connectivity index (χ2n) is 7.00. The molecule has 7 heteroatoms. The van der Waals surface area contributed by atoms with Crippen LogP contribution in [0.5, 0.6) is 5.75 Å². The van der Waals surface area contributed by atoms with Gasteiger partial charge in [0.15, 0.2) is 0 Å². The van der Waals surface area contributed by atoms with Crippen molar-refractivity contribution in [2.75, 3.05) is 12.0 Å². The van der Waals surface area contributed by atoms with Crippen LogP contribution in [0.3, 0.4) is 0 Å². The minimum atomic E-state index is -1.16. The highest BCUT2D eigenvalue weighted by Gasteiger charge is 2.31. The van der Waals surface area contributed by atoms with E-state index in [-0.39, 0.29) is 16.5 Å². The summed E-state index contributed by atoms with van der Waals surface area (Å²) >= 11 is 9.50. The zero-order valence-electron chi connectivity index (χ0n) is 16.9. The smallest absolute Gasteiger partial charge is 0.337 e. The second-order valence-corrected chi connectivity index (χ2v) is 8.26. The van der Waals surface area contributed by atoms with Gasteiger partial charge in [0.05, 0.1) is 33.6 Å². The highest BCUT2D eigenvalue weighted by molar-refractivity contribution is 9.10. The molecule has 0 aromatic heterocycles. The third-order valence-corrected chi connectivity index (χ3v) is 5.94. The number of rotatable bonds is 5. The summed E-state index contributed by atoms with van der Waals surface area (Å²) < 4.78 is 6.04. The van der Waals surface area contributed by atoms with Crippen molar-refractivity contribution in [1.82, 2.24) is 0 Å². The molecule has 3 aromatic rings. The maximum Gasteiger partial charge on any atom is 0.337 e. The van der Waals surface area contributed by atoms with Gasteiger partial charge in [-0.2, -0.15) is 0 Å². The van der Waals surface area contributed by atoms with Gasteiger partial charge in [-0.05, 0) is 69.5 Å². The first-order valence-electron chi connectivity index (χ1n) is 9.58. The normalized spacial score (nSPS) is 14.6. The Kier molecular flexibility index (Phi) is 6.17. The molecule has 0 radical (unpaired) electrons. The van der Waals surface area contributed by atoms with E-state index in [9.17, 15) is 14.7 Å². The van der Waals surface area contributed by atoms with Gasteiger partial charge >= 0.3 is 5.97 Å². The van der Waals surface area contributed by atoms with Crippen LogP contribution in [0.2, 0.25) is 5.02 Å². The fourth-order valence-corrected chi connectivity index (χ4v) is 4.22. The average molecular weight is 511 g/mol. The summed E-state index contributed by atoms with van der Waals surface area (Å²) in [7, 11) is 1.59. The van der Waals surface area contributed by atoms with Gasteiger partial charge in [0.25, 0.3) is 5.91 Å². The van der Waals surface area contributed by atoms with Crippen molar-refractivity contribution in [2.24, 2.45) is 0 Å². The zero-order chi connectivity index (χ0) is 22.8. The van der Waals surface area contributed by atoms with Crippen molar-refractivity contribution in [3.8, 4) is 5.75 Å². The first-order chi connectivity index (χ1) is 15.4. The maximum atomic E-state index is 13.5. The molecule has 1 amide bonds. The summed E-state index contributed by atoms with van der Waals surface area (Å²) in [6.45, 7) is 0. The number of benzene rings is 3. The third kappa shape index (κ3) is 4.20. The molecular formula is C25H17BrClNO4. The average Bonchev–Trinajstić information content (AvgIpc) is 3.10. The molecule has 1 N–H and O–H groups in total. The number of ether oxygens (including phenoxy) is 1. The van der Waals surface area contributed by atoms with Crippen LogP contribution < -0.4 is 9.64 Å². The Morgan fingerprint density at radius 3 is 2.50 bits per heavy atom.